The molecule has 0 saturated heterocycles. The van der Waals surface area contributed by atoms with Crippen molar-refractivity contribution in [3.63, 3.8) is 0 Å². The molecule has 0 radical (unpaired) electrons. The molecule has 5 nitrogen and oxygen atoms in total. The van der Waals surface area contributed by atoms with Gasteiger partial charge in [0.25, 0.3) is 0 Å². The van der Waals surface area contributed by atoms with Crippen LogP contribution in [0, 0.1) is 0 Å². The van der Waals surface area contributed by atoms with Gasteiger partial charge in [-0.05, 0) is 32.1 Å². The van der Waals surface area contributed by atoms with Crippen molar-refractivity contribution in [1.82, 2.24) is 10.6 Å². The molecule has 0 aromatic carbocycles. The fraction of sp³-hybridized carbons (Fsp3) is 0.810. The number of carboxylic acids is 1. The van der Waals surface area contributed by atoms with Gasteiger partial charge < -0.3 is 15.7 Å². The first-order chi connectivity index (χ1) is 12.7. The third-order valence-corrected chi connectivity index (χ3v) is 4.37. The number of carbonyl (C=O) groups is 2. The minimum absolute atomic E-state index is 0.334. The van der Waals surface area contributed by atoms with Crippen molar-refractivity contribution in [3.8, 4) is 0 Å². The largest absolute Gasteiger partial charge is 0.480 e. The fourth-order valence-electron chi connectivity index (χ4n) is 2.79. The minimum atomic E-state index is -1.03. The van der Waals surface area contributed by atoms with E-state index in [-0.39, 0.29) is 6.54 Å². The van der Waals surface area contributed by atoms with Crippen molar-refractivity contribution in [2.24, 2.45) is 0 Å². The Kier molecular flexibility index (Phi) is 18.6. The van der Waals surface area contributed by atoms with Crippen LogP contribution in [0.3, 0.4) is 0 Å². The van der Waals surface area contributed by atoms with E-state index in [0.29, 0.717) is 6.54 Å². The Morgan fingerprint density at radius 1 is 0.731 bits per heavy atom. The number of urea groups is 1. The summed E-state index contributed by atoms with van der Waals surface area (Å²) in [4.78, 5) is 21.5. The van der Waals surface area contributed by atoms with Gasteiger partial charge in [-0.3, -0.25) is 4.79 Å². The van der Waals surface area contributed by atoms with E-state index in [9.17, 15) is 9.59 Å². The highest BCUT2D eigenvalue weighted by molar-refractivity contribution is 5.79. The van der Waals surface area contributed by atoms with Gasteiger partial charge in [0.15, 0.2) is 0 Å². The Morgan fingerprint density at radius 3 is 1.77 bits per heavy atom. The van der Waals surface area contributed by atoms with Crippen LogP contribution in [0.15, 0.2) is 12.2 Å². The molecular formula is C21H40N2O3. The molecule has 0 fully saturated rings. The number of nitrogens with one attached hydrogen (secondary N) is 2. The number of unbranched alkanes of at least 4 members (excludes halogenated alkanes) is 12. The number of amides is 2. The van der Waals surface area contributed by atoms with E-state index in [4.69, 9.17) is 5.11 Å². The van der Waals surface area contributed by atoms with Crippen LogP contribution in [0.4, 0.5) is 4.79 Å². The highest BCUT2D eigenvalue weighted by atomic mass is 16.4. The van der Waals surface area contributed by atoms with Crippen LogP contribution >= 0.6 is 0 Å². The van der Waals surface area contributed by atoms with Crippen molar-refractivity contribution in [1.29, 1.82) is 0 Å². The summed E-state index contributed by atoms with van der Waals surface area (Å²) in [5.74, 6) is -1.03. The first kappa shape index (κ1) is 24.5. The monoisotopic (exact) mass is 368 g/mol. The van der Waals surface area contributed by atoms with Gasteiger partial charge in [0.05, 0.1) is 0 Å². The van der Waals surface area contributed by atoms with E-state index in [1.54, 1.807) is 0 Å². The molecule has 0 atom stereocenters. The summed E-state index contributed by atoms with van der Waals surface area (Å²) in [6.45, 7) is 2.53. The Bertz CT molecular complexity index is 370. The molecule has 26 heavy (non-hydrogen) atoms. The van der Waals surface area contributed by atoms with Gasteiger partial charge in [0.2, 0.25) is 0 Å². The fourth-order valence-corrected chi connectivity index (χ4v) is 2.79. The van der Waals surface area contributed by atoms with Crippen LogP contribution < -0.4 is 10.6 Å². The van der Waals surface area contributed by atoms with Crippen molar-refractivity contribution in [2.75, 3.05) is 13.1 Å². The second-order valence-electron chi connectivity index (χ2n) is 6.94. The molecule has 0 aromatic heterocycles. The van der Waals surface area contributed by atoms with E-state index in [2.05, 4.69) is 29.7 Å². The lowest BCUT2D eigenvalue weighted by Gasteiger charge is -2.05. The molecular weight excluding hydrogens is 328 g/mol. The summed E-state index contributed by atoms with van der Waals surface area (Å²) in [5, 5.41) is 13.4. The molecule has 0 heterocycles. The number of carbonyl (C=O) groups excluding carboxylic acids is 1. The molecule has 0 bridgehead atoms. The Hall–Kier alpha value is -1.52. The number of aliphatic carboxylic acids is 1. The highest BCUT2D eigenvalue weighted by Crippen LogP contribution is 2.09. The van der Waals surface area contributed by atoms with E-state index < -0.39 is 12.0 Å². The zero-order chi connectivity index (χ0) is 19.3. The Labute approximate surface area is 160 Å². The minimum Gasteiger partial charge on any atom is -0.480 e. The maximum absolute atomic E-state index is 11.2. The molecule has 0 aromatic rings. The normalized spacial score (nSPS) is 11.0. The van der Waals surface area contributed by atoms with Crippen LogP contribution in [0.2, 0.25) is 0 Å². The van der Waals surface area contributed by atoms with E-state index in [0.717, 1.165) is 12.8 Å². The van der Waals surface area contributed by atoms with Gasteiger partial charge in [-0.25, -0.2) is 4.79 Å². The maximum atomic E-state index is 11.2. The van der Waals surface area contributed by atoms with E-state index >= 15 is 0 Å². The lowest BCUT2D eigenvalue weighted by molar-refractivity contribution is -0.135. The standard InChI is InChI=1S/C21H40N2O3/c1-2-3-4-5-6-7-8-9-10-11-12-13-14-15-16-17-18-22-21(26)23-19-20(24)25/h9-10H,2-8,11-19H2,1H3,(H,24,25)(H2,22,23,26)/b10-9-. The summed E-state index contributed by atoms with van der Waals surface area (Å²) in [7, 11) is 0. The molecule has 0 rings (SSSR count). The van der Waals surface area contributed by atoms with Gasteiger partial charge in [0, 0.05) is 6.54 Å². The summed E-state index contributed by atoms with van der Waals surface area (Å²) >= 11 is 0. The number of hydrogen-bond acceptors (Lipinski definition) is 2. The van der Waals surface area contributed by atoms with Gasteiger partial charge in [-0.1, -0.05) is 76.9 Å². The van der Waals surface area contributed by atoms with Crippen molar-refractivity contribution < 1.29 is 14.7 Å². The predicted octanol–water partition coefficient (Wildman–Crippen LogP) is 5.41. The molecule has 0 aliphatic carbocycles. The van der Waals surface area contributed by atoms with Crippen LogP contribution in [-0.2, 0) is 4.79 Å². The second kappa shape index (κ2) is 19.8. The summed E-state index contributed by atoms with van der Waals surface area (Å²) in [6.07, 6.45) is 22.4. The lowest BCUT2D eigenvalue weighted by atomic mass is 10.1. The molecule has 0 unspecified atom stereocenters. The molecule has 2 amide bonds. The van der Waals surface area contributed by atoms with E-state index in [1.165, 1.54) is 77.0 Å². The highest BCUT2D eigenvalue weighted by Gasteiger charge is 2.01. The van der Waals surface area contributed by atoms with Crippen LogP contribution in [-0.4, -0.2) is 30.2 Å². The van der Waals surface area contributed by atoms with Crippen molar-refractivity contribution >= 4 is 12.0 Å². The molecule has 0 aliphatic heterocycles. The van der Waals surface area contributed by atoms with Gasteiger partial charge in [-0.2, -0.15) is 0 Å². The van der Waals surface area contributed by atoms with Gasteiger partial charge in [0.1, 0.15) is 6.54 Å². The quantitative estimate of drug-likeness (QED) is 0.224. The van der Waals surface area contributed by atoms with Crippen molar-refractivity contribution in [2.45, 2.75) is 96.8 Å². The molecule has 0 saturated carbocycles. The zero-order valence-corrected chi connectivity index (χ0v) is 16.7. The van der Waals surface area contributed by atoms with Crippen LogP contribution in [0.5, 0.6) is 0 Å². The molecule has 3 N–H and O–H groups in total. The topological polar surface area (TPSA) is 78.4 Å². The first-order valence-corrected chi connectivity index (χ1v) is 10.5. The number of hydrogen-bond donors (Lipinski definition) is 3. The molecule has 152 valence electrons. The number of allylic oxidation sites excluding steroid dienone is 2. The Balaban J connectivity index is 3.18. The van der Waals surface area contributed by atoms with Gasteiger partial charge >= 0.3 is 12.0 Å². The zero-order valence-electron chi connectivity index (χ0n) is 16.7. The second-order valence-corrected chi connectivity index (χ2v) is 6.94. The van der Waals surface area contributed by atoms with Gasteiger partial charge in [-0.15, -0.1) is 0 Å². The van der Waals surface area contributed by atoms with Crippen molar-refractivity contribution in [3.05, 3.63) is 12.2 Å². The average Bonchev–Trinajstić information content (AvgIpc) is 2.62. The smallest absolute Gasteiger partial charge is 0.323 e. The summed E-state index contributed by atoms with van der Waals surface area (Å²) in [5.41, 5.74) is 0. The average molecular weight is 369 g/mol. The van der Waals surface area contributed by atoms with E-state index in [1.807, 2.05) is 0 Å². The lowest BCUT2D eigenvalue weighted by Crippen LogP contribution is -2.38. The third-order valence-electron chi connectivity index (χ3n) is 4.37. The SMILES string of the molecule is CCCCCCCC/C=C\CCCCCCCCNC(=O)NCC(=O)O. The molecule has 0 aliphatic rings. The molecule has 5 heteroatoms. The maximum Gasteiger partial charge on any atom is 0.323 e. The summed E-state index contributed by atoms with van der Waals surface area (Å²) in [6, 6.07) is -0.403. The Morgan fingerprint density at radius 2 is 1.23 bits per heavy atom. The predicted molar refractivity (Wildman–Crippen MR) is 108 cm³/mol. The van der Waals surface area contributed by atoms with Crippen LogP contribution in [0.25, 0.3) is 0 Å². The number of carboxylic acid groups (broad SMARTS) is 1. The third kappa shape index (κ3) is 20.5. The molecule has 0 spiro atoms. The summed E-state index contributed by atoms with van der Waals surface area (Å²) < 4.78 is 0. The first-order valence-electron chi connectivity index (χ1n) is 10.5. The number of rotatable bonds is 18. The van der Waals surface area contributed by atoms with Crippen LogP contribution in [0.1, 0.15) is 96.8 Å².